The molecule has 6 nitrogen and oxygen atoms in total. The smallest absolute Gasteiger partial charge is 0.407 e. The maximum atomic E-state index is 10.7. The molecule has 0 radical (unpaired) electrons. The van der Waals surface area contributed by atoms with Crippen LogP contribution in [-0.4, -0.2) is 51.8 Å². The number of aliphatic carboxylic acids is 1. The average Bonchev–Trinajstić information content (AvgIpc) is 2.60. The van der Waals surface area contributed by atoms with Crippen molar-refractivity contribution in [2.24, 2.45) is 0 Å². The monoisotopic (exact) mass is 186 g/mol. The lowest BCUT2D eigenvalue weighted by molar-refractivity contribution is -0.140. The summed E-state index contributed by atoms with van der Waals surface area (Å²) in [4.78, 5) is 22.6. The Kier molecular flexibility index (Phi) is 1.66. The molecule has 2 aliphatic rings. The molecule has 0 spiro atoms. The summed E-state index contributed by atoms with van der Waals surface area (Å²) >= 11 is 0. The van der Waals surface area contributed by atoms with E-state index in [0.29, 0.717) is 13.0 Å². The van der Waals surface area contributed by atoms with Crippen LogP contribution in [0.5, 0.6) is 0 Å². The highest BCUT2D eigenvalue weighted by atomic mass is 16.4. The zero-order chi connectivity index (χ0) is 9.59. The van der Waals surface area contributed by atoms with Crippen molar-refractivity contribution < 1.29 is 19.8 Å². The van der Waals surface area contributed by atoms with Crippen LogP contribution < -0.4 is 5.32 Å². The summed E-state index contributed by atoms with van der Waals surface area (Å²) in [7, 11) is 0. The zero-order valence-electron chi connectivity index (χ0n) is 6.80. The minimum atomic E-state index is -1.03. The van der Waals surface area contributed by atoms with Gasteiger partial charge in [0.15, 0.2) is 0 Å². The first kappa shape index (κ1) is 8.31. The lowest BCUT2D eigenvalue weighted by Crippen LogP contribution is -2.55. The Morgan fingerprint density at radius 1 is 1.38 bits per heavy atom. The molecule has 2 saturated heterocycles. The molecule has 3 atom stereocenters. The number of nitrogens with one attached hydrogen (secondary N) is 1. The second kappa shape index (κ2) is 2.59. The third kappa shape index (κ3) is 1.14. The Bertz CT molecular complexity index is 243. The number of piperazine rings is 1. The van der Waals surface area contributed by atoms with Crippen molar-refractivity contribution in [3.63, 3.8) is 0 Å². The van der Waals surface area contributed by atoms with Crippen molar-refractivity contribution in [2.45, 2.75) is 24.5 Å². The van der Waals surface area contributed by atoms with E-state index in [-0.39, 0.29) is 12.1 Å². The van der Waals surface area contributed by atoms with Gasteiger partial charge in [-0.05, 0) is 6.42 Å². The fourth-order valence-corrected chi connectivity index (χ4v) is 2.12. The highest BCUT2D eigenvalue weighted by molar-refractivity contribution is 5.77. The largest absolute Gasteiger partial charge is 0.480 e. The van der Waals surface area contributed by atoms with Crippen LogP contribution in [0.2, 0.25) is 0 Å². The molecule has 0 aromatic rings. The van der Waals surface area contributed by atoms with Crippen LogP contribution in [0.15, 0.2) is 0 Å². The number of carboxylic acid groups (broad SMARTS) is 2. The molecular weight excluding hydrogens is 176 g/mol. The van der Waals surface area contributed by atoms with Gasteiger partial charge in [0, 0.05) is 12.6 Å². The summed E-state index contributed by atoms with van der Waals surface area (Å²) in [5, 5.41) is 20.4. The third-order valence-electron chi connectivity index (χ3n) is 2.66. The van der Waals surface area contributed by atoms with Gasteiger partial charge in [0.05, 0.1) is 6.04 Å². The number of carbonyl (C=O) groups is 2. The minimum Gasteiger partial charge on any atom is -0.480 e. The van der Waals surface area contributed by atoms with Crippen LogP contribution >= 0.6 is 0 Å². The minimum absolute atomic E-state index is 0.0159. The predicted molar refractivity (Wildman–Crippen MR) is 41.5 cm³/mol. The average molecular weight is 186 g/mol. The molecule has 0 aromatic carbocycles. The highest BCUT2D eigenvalue weighted by Gasteiger charge is 2.49. The zero-order valence-corrected chi connectivity index (χ0v) is 6.80. The van der Waals surface area contributed by atoms with E-state index in [4.69, 9.17) is 10.2 Å². The van der Waals surface area contributed by atoms with Crippen molar-refractivity contribution in [3.05, 3.63) is 0 Å². The highest BCUT2D eigenvalue weighted by Crippen LogP contribution is 2.27. The molecule has 2 rings (SSSR count). The Hall–Kier alpha value is -1.30. The van der Waals surface area contributed by atoms with Crippen molar-refractivity contribution >= 4 is 12.1 Å². The molecule has 0 aliphatic carbocycles. The van der Waals surface area contributed by atoms with Gasteiger partial charge in [-0.2, -0.15) is 0 Å². The van der Waals surface area contributed by atoms with E-state index in [1.807, 2.05) is 0 Å². The summed E-state index contributed by atoms with van der Waals surface area (Å²) in [6, 6.07) is -1.10. The van der Waals surface area contributed by atoms with Crippen LogP contribution in [0.1, 0.15) is 6.42 Å². The van der Waals surface area contributed by atoms with Gasteiger partial charge in [0.25, 0.3) is 0 Å². The second-order valence-corrected chi connectivity index (χ2v) is 3.42. The molecule has 6 heteroatoms. The van der Waals surface area contributed by atoms with Gasteiger partial charge >= 0.3 is 12.1 Å². The van der Waals surface area contributed by atoms with E-state index >= 15 is 0 Å². The standard InChI is InChI=1S/C7H10N2O4/c10-6(11)5-4-1-3(8-5)2-9(4)7(12)13/h3-5,8H,1-2H2,(H,10,11)(H,12,13)/t3-,4-,5+/m1/s1. The molecule has 3 N–H and O–H groups in total. The lowest BCUT2D eigenvalue weighted by atomic mass is 10.1. The van der Waals surface area contributed by atoms with E-state index in [1.54, 1.807) is 0 Å². The number of hydrogen-bond donors (Lipinski definition) is 3. The molecule has 2 aliphatic heterocycles. The first-order chi connectivity index (χ1) is 6.09. The van der Waals surface area contributed by atoms with Gasteiger partial charge in [-0.3, -0.25) is 10.1 Å². The molecule has 0 unspecified atom stereocenters. The third-order valence-corrected chi connectivity index (χ3v) is 2.66. The Morgan fingerprint density at radius 2 is 2.08 bits per heavy atom. The van der Waals surface area contributed by atoms with Crippen LogP contribution in [0.25, 0.3) is 0 Å². The molecule has 2 heterocycles. The van der Waals surface area contributed by atoms with Crippen molar-refractivity contribution in [1.29, 1.82) is 0 Å². The SMILES string of the molecule is O=C(O)[C@H]1N[C@@H]2C[C@H]1N(C(=O)O)C2. The summed E-state index contributed by atoms with van der Waals surface area (Å²) < 4.78 is 0. The van der Waals surface area contributed by atoms with E-state index in [0.717, 1.165) is 0 Å². The van der Waals surface area contributed by atoms with Gasteiger partial charge in [-0.15, -0.1) is 0 Å². The Morgan fingerprint density at radius 3 is 2.54 bits per heavy atom. The molecule has 0 saturated carbocycles. The molecule has 2 fully saturated rings. The summed E-state index contributed by atoms with van der Waals surface area (Å²) in [5.74, 6) is -0.974. The number of likely N-dealkylation sites (tertiary alicyclic amines) is 1. The molecular formula is C7H10N2O4. The maximum absolute atomic E-state index is 10.7. The number of rotatable bonds is 1. The number of amides is 1. The maximum Gasteiger partial charge on any atom is 0.407 e. The van der Waals surface area contributed by atoms with Gasteiger partial charge in [-0.1, -0.05) is 0 Å². The Labute approximate surface area is 74.1 Å². The molecule has 1 amide bonds. The predicted octanol–water partition coefficient (Wildman–Crippen LogP) is -0.836. The number of hydrogen-bond acceptors (Lipinski definition) is 3. The number of carboxylic acids is 1. The summed E-state index contributed by atoms with van der Waals surface area (Å²) in [5.41, 5.74) is 0. The number of nitrogens with zero attached hydrogens (tertiary/aromatic N) is 1. The van der Waals surface area contributed by atoms with Gasteiger partial charge in [0.2, 0.25) is 0 Å². The van der Waals surface area contributed by atoms with Gasteiger partial charge in [-0.25, -0.2) is 4.79 Å². The quantitative estimate of drug-likeness (QED) is 0.497. The molecule has 2 bridgehead atoms. The van der Waals surface area contributed by atoms with E-state index in [9.17, 15) is 9.59 Å². The van der Waals surface area contributed by atoms with Crippen LogP contribution in [0.3, 0.4) is 0 Å². The van der Waals surface area contributed by atoms with Crippen molar-refractivity contribution in [1.82, 2.24) is 10.2 Å². The topological polar surface area (TPSA) is 89.9 Å². The van der Waals surface area contributed by atoms with E-state index in [2.05, 4.69) is 5.32 Å². The summed E-state index contributed by atoms with van der Waals surface area (Å²) in [6.07, 6.45) is -0.413. The van der Waals surface area contributed by atoms with Crippen molar-refractivity contribution in [2.75, 3.05) is 6.54 Å². The Balaban J connectivity index is 2.15. The second-order valence-electron chi connectivity index (χ2n) is 3.42. The first-order valence-corrected chi connectivity index (χ1v) is 4.08. The van der Waals surface area contributed by atoms with E-state index in [1.165, 1.54) is 4.90 Å². The van der Waals surface area contributed by atoms with Crippen LogP contribution in [0, 0.1) is 0 Å². The molecule has 72 valence electrons. The lowest BCUT2D eigenvalue weighted by Gasteiger charge is -2.29. The molecule has 13 heavy (non-hydrogen) atoms. The van der Waals surface area contributed by atoms with Crippen LogP contribution in [0.4, 0.5) is 4.79 Å². The van der Waals surface area contributed by atoms with Gasteiger partial charge in [0.1, 0.15) is 6.04 Å². The number of fused-ring (bicyclic) bond motifs is 2. The van der Waals surface area contributed by atoms with E-state index < -0.39 is 18.1 Å². The van der Waals surface area contributed by atoms with Gasteiger partial charge < -0.3 is 15.1 Å². The summed E-state index contributed by atoms with van der Waals surface area (Å²) in [6.45, 7) is 0.407. The fraction of sp³-hybridized carbons (Fsp3) is 0.714. The molecule has 0 aromatic heterocycles. The fourth-order valence-electron chi connectivity index (χ4n) is 2.12. The van der Waals surface area contributed by atoms with Crippen molar-refractivity contribution in [3.8, 4) is 0 Å². The normalized spacial score (nSPS) is 36.6. The first-order valence-electron chi connectivity index (χ1n) is 4.08. The van der Waals surface area contributed by atoms with Crippen LogP contribution in [-0.2, 0) is 4.79 Å².